The van der Waals surface area contributed by atoms with Crippen LogP contribution >= 0.6 is 0 Å². The molecule has 2 rings (SSSR count). The van der Waals surface area contributed by atoms with Gasteiger partial charge in [0.1, 0.15) is 0 Å². The van der Waals surface area contributed by atoms with Crippen LogP contribution in [0.3, 0.4) is 0 Å². The predicted octanol–water partition coefficient (Wildman–Crippen LogP) is 0.0318. The van der Waals surface area contributed by atoms with Crippen molar-refractivity contribution >= 4 is 11.8 Å². The van der Waals surface area contributed by atoms with Gasteiger partial charge in [-0.15, -0.1) is 0 Å². The first-order valence-corrected chi connectivity index (χ1v) is 8.60. The molecule has 0 bridgehead atoms. The van der Waals surface area contributed by atoms with Gasteiger partial charge in [-0.1, -0.05) is 6.92 Å². The molecule has 2 saturated heterocycles. The van der Waals surface area contributed by atoms with E-state index in [9.17, 15) is 9.59 Å². The number of hydrogen-bond acceptors (Lipinski definition) is 4. The lowest BCUT2D eigenvalue weighted by molar-refractivity contribution is -0.136. The van der Waals surface area contributed by atoms with Gasteiger partial charge in [-0.2, -0.15) is 0 Å². The average molecular weight is 310 g/mol. The molecule has 2 aliphatic heterocycles. The normalized spacial score (nSPS) is 24.4. The highest BCUT2D eigenvalue weighted by molar-refractivity contribution is 5.81. The zero-order valence-electron chi connectivity index (χ0n) is 13.7. The SMILES string of the molecule is CCNCC1CCN(CC(=O)N2CCCC(C(N)=O)C2)CC1. The summed E-state index contributed by atoms with van der Waals surface area (Å²) in [5.41, 5.74) is 5.38. The van der Waals surface area contributed by atoms with Gasteiger partial charge in [-0.25, -0.2) is 0 Å². The molecule has 6 heteroatoms. The fourth-order valence-electron chi connectivity index (χ4n) is 3.42. The molecule has 2 heterocycles. The second-order valence-electron chi connectivity index (χ2n) is 6.61. The Morgan fingerprint density at radius 2 is 1.91 bits per heavy atom. The van der Waals surface area contributed by atoms with E-state index in [1.54, 1.807) is 0 Å². The van der Waals surface area contributed by atoms with Crippen molar-refractivity contribution in [2.45, 2.75) is 32.6 Å². The van der Waals surface area contributed by atoms with Crippen LogP contribution in [0.5, 0.6) is 0 Å². The zero-order valence-corrected chi connectivity index (χ0v) is 13.7. The van der Waals surface area contributed by atoms with Gasteiger partial charge < -0.3 is 16.0 Å². The van der Waals surface area contributed by atoms with Crippen molar-refractivity contribution in [3.05, 3.63) is 0 Å². The largest absolute Gasteiger partial charge is 0.369 e. The molecule has 0 aromatic heterocycles. The third kappa shape index (κ3) is 4.95. The third-order valence-electron chi connectivity index (χ3n) is 4.93. The van der Waals surface area contributed by atoms with Crippen molar-refractivity contribution in [2.75, 3.05) is 45.8 Å². The molecule has 126 valence electrons. The smallest absolute Gasteiger partial charge is 0.236 e. The van der Waals surface area contributed by atoms with Crippen LogP contribution in [0.25, 0.3) is 0 Å². The zero-order chi connectivity index (χ0) is 15.9. The van der Waals surface area contributed by atoms with Gasteiger partial charge in [0.25, 0.3) is 0 Å². The van der Waals surface area contributed by atoms with E-state index in [0.29, 0.717) is 13.1 Å². The molecule has 3 N–H and O–H groups in total. The van der Waals surface area contributed by atoms with Crippen molar-refractivity contribution in [3.63, 3.8) is 0 Å². The summed E-state index contributed by atoms with van der Waals surface area (Å²) in [6.45, 7) is 7.99. The Kier molecular flexibility index (Phi) is 6.64. The van der Waals surface area contributed by atoms with Crippen molar-refractivity contribution in [1.29, 1.82) is 0 Å². The molecule has 0 radical (unpaired) electrons. The number of nitrogens with one attached hydrogen (secondary N) is 1. The maximum atomic E-state index is 12.4. The van der Waals surface area contributed by atoms with Crippen LogP contribution in [0.2, 0.25) is 0 Å². The third-order valence-corrected chi connectivity index (χ3v) is 4.93. The van der Waals surface area contributed by atoms with Gasteiger partial charge in [-0.05, 0) is 57.8 Å². The van der Waals surface area contributed by atoms with Crippen molar-refractivity contribution in [2.24, 2.45) is 17.6 Å². The highest BCUT2D eigenvalue weighted by atomic mass is 16.2. The topological polar surface area (TPSA) is 78.7 Å². The molecule has 2 amide bonds. The number of carbonyl (C=O) groups is 2. The van der Waals surface area contributed by atoms with Crippen LogP contribution in [-0.4, -0.2) is 67.4 Å². The first-order valence-electron chi connectivity index (χ1n) is 8.60. The number of primary amides is 1. The second-order valence-corrected chi connectivity index (χ2v) is 6.61. The monoisotopic (exact) mass is 310 g/mol. The molecular weight excluding hydrogens is 280 g/mol. The highest BCUT2D eigenvalue weighted by Crippen LogP contribution is 2.19. The first-order chi connectivity index (χ1) is 10.6. The number of nitrogens with zero attached hydrogens (tertiary/aromatic N) is 2. The van der Waals surface area contributed by atoms with Crippen LogP contribution < -0.4 is 11.1 Å². The fraction of sp³-hybridized carbons (Fsp3) is 0.875. The Morgan fingerprint density at radius 3 is 2.55 bits per heavy atom. The van der Waals surface area contributed by atoms with E-state index in [1.807, 2.05) is 4.90 Å². The maximum absolute atomic E-state index is 12.4. The molecule has 0 aliphatic carbocycles. The Labute approximate surface area is 133 Å². The minimum Gasteiger partial charge on any atom is -0.369 e. The molecule has 0 aromatic rings. The molecule has 0 saturated carbocycles. The summed E-state index contributed by atoms with van der Waals surface area (Å²) in [7, 11) is 0. The van der Waals surface area contributed by atoms with Crippen molar-refractivity contribution < 1.29 is 9.59 Å². The standard InChI is InChI=1S/C16H30N4O2/c1-2-18-10-13-5-8-19(9-6-13)12-15(21)20-7-3-4-14(11-20)16(17)22/h13-14,18H,2-12H2,1H3,(H2,17,22). The van der Waals surface area contributed by atoms with E-state index in [4.69, 9.17) is 5.73 Å². The van der Waals surface area contributed by atoms with E-state index in [-0.39, 0.29) is 17.7 Å². The summed E-state index contributed by atoms with van der Waals surface area (Å²) in [4.78, 5) is 27.8. The van der Waals surface area contributed by atoms with E-state index in [0.717, 1.165) is 64.3 Å². The summed E-state index contributed by atoms with van der Waals surface area (Å²) in [6.07, 6.45) is 4.01. The predicted molar refractivity (Wildman–Crippen MR) is 86.2 cm³/mol. The van der Waals surface area contributed by atoms with Crippen LogP contribution in [-0.2, 0) is 9.59 Å². The fourth-order valence-corrected chi connectivity index (χ4v) is 3.42. The Morgan fingerprint density at radius 1 is 1.18 bits per heavy atom. The van der Waals surface area contributed by atoms with Crippen molar-refractivity contribution in [3.8, 4) is 0 Å². The second kappa shape index (κ2) is 8.48. The number of carbonyl (C=O) groups excluding carboxylic acids is 2. The molecular formula is C16H30N4O2. The molecule has 0 spiro atoms. The Balaban J connectivity index is 1.72. The molecule has 1 atom stereocenters. The minimum atomic E-state index is -0.276. The van der Waals surface area contributed by atoms with Crippen molar-refractivity contribution in [1.82, 2.24) is 15.1 Å². The number of rotatable bonds is 6. The van der Waals surface area contributed by atoms with Gasteiger partial charge in [0.05, 0.1) is 12.5 Å². The lowest BCUT2D eigenvalue weighted by Crippen LogP contribution is -2.49. The van der Waals surface area contributed by atoms with Gasteiger partial charge in [0, 0.05) is 13.1 Å². The summed E-state index contributed by atoms with van der Waals surface area (Å²) in [5.74, 6) is 0.446. The molecule has 0 aromatic carbocycles. The minimum absolute atomic E-state index is 0.149. The number of nitrogens with two attached hydrogens (primary N) is 1. The number of piperidine rings is 2. The Bertz CT molecular complexity index is 380. The van der Waals surface area contributed by atoms with Crippen LogP contribution in [0.15, 0.2) is 0 Å². The van der Waals surface area contributed by atoms with Crippen LogP contribution in [0.1, 0.15) is 32.6 Å². The summed E-state index contributed by atoms with van der Waals surface area (Å²) in [5, 5.41) is 3.40. The van der Waals surface area contributed by atoms with Gasteiger partial charge in [0.2, 0.25) is 11.8 Å². The van der Waals surface area contributed by atoms with E-state index in [1.165, 1.54) is 0 Å². The Hall–Kier alpha value is -1.14. The quantitative estimate of drug-likeness (QED) is 0.725. The van der Waals surface area contributed by atoms with Gasteiger partial charge >= 0.3 is 0 Å². The lowest BCUT2D eigenvalue weighted by atomic mass is 9.96. The molecule has 22 heavy (non-hydrogen) atoms. The number of amides is 2. The summed E-state index contributed by atoms with van der Waals surface area (Å²) < 4.78 is 0. The first kappa shape index (κ1) is 17.2. The molecule has 1 unspecified atom stereocenters. The van der Waals surface area contributed by atoms with E-state index < -0.39 is 0 Å². The summed E-state index contributed by atoms with van der Waals surface area (Å²) in [6, 6.07) is 0. The lowest BCUT2D eigenvalue weighted by Gasteiger charge is -2.35. The van der Waals surface area contributed by atoms with Crippen LogP contribution in [0, 0.1) is 11.8 Å². The van der Waals surface area contributed by atoms with E-state index in [2.05, 4.69) is 17.1 Å². The van der Waals surface area contributed by atoms with Gasteiger partial charge in [-0.3, -0.25) is 14.5 Å². The average Bonchev–Trinajstić information content (AvgIpc) is 2.54. The summed E-state index contributed by atoms with van der Waals surface area (Å²) >= 11 is 0. The molecule has 6 nitrogen and oxygen atoms in total. The van der Waals surface area contributed by atoms with Gasteiger partial charge in [0.15, 0.2) is 0 Å². The number of likely N-dealkylation sites (tertiary alicyclic amines) is 2. The highest BCUT2D eigenvalue weighted by Gasteiger charge is 2.28. The molecule has 2 fully saturated rings. The number of hydrogen-bond donors (Lipinski definition) is 2. The van der Waals surface area contributed by atoms with E-state index >= 15 is 0 Å². The molecule has 2 aliphatic rings. The van der Waals surface area contributed by atoms with Crippen LogP contribution in [0.4, 0.5) is 0 Å². The maximum Gasteiger partial charge on any atom is 0.236 e.